The van der Waals surface area contributed by atoms with Gasteiger partial charge in [0, 0.05) is 5.70 Å². The van der Waals surface area contributed by atoms with Gasteiger partial charge in [-0.1, -0.05) is 35.4 Å². The van der Waals surface area contributed by atoms with Crippen LogP contribution < -0.4 is 10.7 Å². The Bertz CT molecular complexity index is 994. The first-order valence-corrected chi connectivity index (χ1v) is 8.24. The summed E-state index contributed by atoms with van der Waals surface area (Å²) in [6.45, 7) is 1.53. The monoisotopic (exact) mass is 390 g/mol. The number of benzene rings is 1. The van der Waals surface area contributed by atoms with Gasteiger partial charge in [0.1, 0.15) is 17.8 Å². The van der Waals surface area contributed by atoms with Crippen molar-refractivity contribution in [3.8, 4) is 6.07 Å². The summed E-state index contributed by atoms with van der Waals surface area (Å²) in [5.41, 5.74) is 2.91. The maximum absolute atomic E-state index is 13.7. The Morgan fingerprint density at radius 3 is 2.57 bits per heavy atom. The summed E-state index contributed by atoms with van der Waals surface area (Å²) in [6.07, 6.45) is -5.56. The molecule has 0 bridgehead atoms. The number of hydrogen-bond donors (Lipinski definition) is 2. The number of halogens is 3. The van der Waals surface area contributed by atoms with Crippen molar-refractivity contribution >= 4 is 11.5 Å². The number of carbonyl (C=O) groups excluding carboxylic acids is 1. The Hall–Kier alpha value is -3.39. The van der Waals surface area contributed by atoms with Gasteiger partial charge >= 0.3 is 12.1 Å². The number of rotatable bonds is 2. The molecule has 144 valence electrons. The molecule has 1 aromatic carbocycles. The molecular formula is C17H13F3N6O2. The zero-order valence-corrected chi connectivity index (χ0v) is 14.4. The number of hydrogen-bond acceptors (Lipinski definition) is 7. The molecule has 0 aliphatic carbocycles. The van der Waals surface area contributed by atoms with Crippen molar-refractivity contribution in [1.29, 1.82) is 5.26 Å². The van der Waals surface area contributed by atoms with Gasteiger partial charge in [-0.25, -0.2) is 10.4 Å². The van der Waals surface area contributed by atoms with Crippen LogP contribution in [-0.2, 0) is 4.79 Å². The Morgan fingerprint density at radius 2 is 1.96 bits per heavy atom. The van der Waals surface area contributed by atoms with E-state index in [0.29, 0.717) is 5.56 Å². The lowest BCUT2D eigenvalue weighted by Gasteiger charge is -2.34. The first-order chi connectivity index (χ1) is 13.3. The van der Waals surface area contributed by atoms with E-state index in [-0.39, 0.29) is 23.1 Å². The minimum atomic E-state index is -4.59. The third kappa shape index (κ3) is 2.78. The van der Waals surface area contributed by atoms with E-state index in [4.69, 9.17) is 9.68 Å². The molecule has 28 heavy (non-hydrogen) atoms. The molecule has 4 rings (SSSR count). The highest BCUT2D eigenvalue weighted by molar-refractivity contribution is 6.19. The van der Waals surface area contributed by atoms with E-state index >= 15 is 0 Å². The number of hydrazine groups is 1. The number of aromatic nitrogens is 2. The van der Waals surface area contributed by atoms with Crippen molar-refractivity contribution in [3.05, 3.63) is 53.4 Å². The molecule has 2 aliphatic rings. The minimum Gasteiger partial charge on any atom is -0.408 e. The van der Waals surface area contributed by atoms with Gasteiger partial charge in [-0.15, -0.1) is 5.10 Å². The maximum atomic E-state index is 13.7. The number of amides is 1. The Kier molecular flexibility index (Phi) is 4.08. The van der Waals surface area contributed by atoms with Crippen LogP contribution in [0.4, 0.5) is 13.2 Å². The van der Waals surface area contributed by atoms with E-state index in [9.17, 15) is 18.0 Å². The van der Waals surface area contributed by atoms with E-state index in [2.05, 4.69) is 20.9 Å². The van der Waals surface area contributed by atoms with Crippen molar-refractivity contribution < 1.29 is 22.4 Å². The third-order valence-corrected chi connectivity index (χ3v) is 4.70. The second-order valence-corrected chi connectivity index (χ2v) is 6.37. The number of carbonyl (C=O) groups is 1. The summed E-state index contributed by atoms with van der Waals surface area (Å²) in [7, 11) is 0. The number of fused-ring (bicyclic) bond motifs is 1. The number of nitriles is 1. The standard InChI is InChI=1S/C17H13F3N6O2/c1-8-11(15-24-23-10(7-21)28-15)16(27)26-14(22-8)12(9-5-3-2-4-6-9)13(25-26)17(18,19)20/h2-6,12-14,22,25H,1H3. The lowest BCUT2D eigenvalue weighted by atomic mass is 9.89. The summed E-state index contributed by atoms with van der Waals surface area (Å²) in [5.74, 6) is -2.41. The second kappa shape index (κ2) is 6.35. The zero-order chi connectivity index (χ0) is 20.1. The van der Waals surface area contributed by atoms with E-state index < -0.39 is 30.2 Å². The molecule has 2 aromatic rings. The van der Waals surface area contributed by atoms with Crippen molar-refractivity contribution in [1.82, 2.24) is 25.9 Å². The lowest BCUT2D eigenvalue weighted by molar-refractivity contribution is -0.161. The van der Waals surface area contributed by atoms with Crippen LogP contribution in [-0.4, -0.2) is 39.5 Å². The Labute approximate surface area is 156 Å². The second-order valence-electron chi connectivity index (χ2n) is 6.37. The quantitative estimate of drug-likeness (QED) is 0.803. The molecule has 3 unspecified atom stereocenters. The predicted molar refractivity (Wildman–Crippen MR) is 87.5 cm³/mol. The van der Waals surface area contributed by atoms with Gasteiger partial charge in [-0.05, 0) is 12.5 Å². The van der Waals surface area contributed by atoms with E-state index in [1.165, 1.54) is 6.92 Å². The van der Waals surface area contributed by atoms with Gasteiger partial charge in [0.05, 0.1) is 5.92 Å². The maximum Gasteiger partial charge on any atom is 0.406 e. The molecule has 0 spiro atoms. The van der Waals surface area contributed by atoms with Gasteiger partial charge in [0.25, 0.3) is 11.8 Å². The first kappa shape index (κ1) is 18.0. The first-order valence-electron chi connectivity index (χ1n) is 8.24. The van der Waals surface area contributed by atoms with E-state index in [0.717, 1.165) is 5.01 Å². The fraction of sp³-hybridized carbons (Fsp3) is 0.294. The highest BCUT2D eigenvalue weighted by Crippen LogP contribution is 2.42. The molecule has 8 nitrogen and oxygen atoms in total. The molecule has 0 saturated carbocycles. The van der Waals surface area contributed by atoms with Gasteiger partial charge in [0.2, 0.25) is 0 Å². The molecule has 3 atom stereocenters. The molecule has 11 heteroatoms. The number of allylic oxidation sites excluding steroid dienone is 1. The Morgan fingerprint density at radius 1 is 1.25 bits per heavy atom. The highest BCUT2D eigenvalue weighted by atomic mass is 19.4. The average Bonchev–Trinajstić information content (AvgIpc) is 3.27. The summed E-state index contributed by atoms with van der Waals surface area (Å²) in [4.78, 5) is 13.0. The van der Waals surface area contributed by atoms with Gasteiger partial charge in [0.15, 0.2) is 6.07 Å². The van der Waals surface area contributed by atoms with Crippen molar-refractivity contribution in [2.24, 2.45) is 0 Å². The molecule has 3 heterocycles. The van der Waals surface area contributed by atoms with Crippen LogP contribution in [0.3, 0.4) is 0 Å². The molecule has 1 aromatic heterocycles. The zero-order valence-electron chi connectivity index (χ0n) is 14.4. The summed E-state index contributed by atoms with van der Waals surface area (Å²) >= 11 is 0. The highest BCUT2D eigenvalue weighted by Gasteiger charge is 2.58. The summed E-state index contributed by atoms with van der Waals surface area (Å²) < 4.78 is 46.2. The molecule has 1 saturated heterocycles. The Balaban J connectivity index is 1.77. The lowest BCUT2D eigenvalue weighted by Crippen LogP contribution is -2.54. The molecular weight excluding hydrogens is 377 g/mol. The largest absolute Gasteiger partial charge is 0.408 e. The SMILES string of the molecule is CC1=C(c2nnc(C#N)o2)C(=O)N2NC(C(F)(F)F)C(c3ccccc3)C2N1. The normalized spacial score (nSPS) is 24.8. The van der Waals surface area contributed by atoms with Crippen LogP contribution in [0.15, 0.2) is 40.4 Å². The van der Waals surface area contributed by atoms with E-state index in [1.807, 2.05) is 0 Å². The van der Waals surface area contributed by atoms with Crippen molar-refractivity contribution in [3.63, 3.8) is 0 Å². The molecule has 2 aliphatic heterocycles. The van der Waals surface area contributed by atoms with Gasteiger partial charge < -0.3 is 9.73 Å². The molecule has 1 fully saturated rings. The van der Waals surface area contributed by atoms with Crippen LogP contribution in [0.1, 0.15) is 30.2 Å². The van der Waals surface area contributed by atoms with Crippen molar-refractivity contribution in [2.45, 2.75) is 31.2 Å². The van der Waals surface area contributed by atoms with Crippen molar-refractivity contribution in [2.75, 3.05) is 0 Å². The van der Waals surface area contributed by atoms with Gasteiger partial charge in [-0.3, -0.25) is 4.79 Å². The van der Waals surface area contributed by atoms with Crippen LogP contribution in [0.2, 0.25) is 0 Å². The van der Waals surface area contributed by atoms with Crippen LogP contribution in [0.25, 0.3) is 5.57 Å². The number of nitrogens with zero attached hydrogens (tertiary/aromatic N) is 4. The van der Waals surface area contributed by atoms with Gasteiger partial charge in [-0.2, -0.15) is 18.4 Å². The average molecular weight is 390 g/mol. The molecule has 0 radical (unpaired) electrons. The topological polar surface area (TPSA) is 107 Å². The van der Waals surface area contributed by atoms with E-state index in [1.54, 1.807) is 36.4 Å². The minimum absolute atomic E-state index is 0.0904. The fourth-order valence-electron chi connectivity index (χ4n) is 3.52. The molecule has 1 amide bonds. The smallest absolute Gasteiger partial charge is 0.406 e. The van der Waals surface area contributed by atoms with Crippen LogP contribution in [0.5, 0.6) is 0 Å². The van der Waals surface area contributed by atoms with Crippen LogP contribution >= 0.6 is 0 Å². The number of alkyl halides is 3. The third-order valence-electron chi connectivity index (χ3n) is 4.70. The number of nitrogens with one attached hydrogen (secondary N) is 2. The fourth-order valence-corrected chi connectivity index (χ4v) is 3.52. The summed E-state index contributed by atoms with van der Waals surface area (Å²) in [6, 6.07) is 7.85. The predicted octanol–water partition coefficient (Wildman–Crippen LogP) is 1.66. The summed E-state index contributed by atoms with van der Waals surface area (Å²) in [5, 5.41) is 19.8. The van der Waals surface area contributed by atoms with Crippen LogP contribution in [0, 0.1) is 11.3 Å². The molecule has 2 N–H and O–H groups in total.